The summed E-state index contributed by atoms with van der Waals surface area (Å²) in [4.78, 5) is 23.4. The van der Waals surface area contributed by atoms with E-state index in [0.29, 0.717) is 29.6 Å². The number of nitrogens with two attached hydrogens (primary N) is 1. The van der Waals surface area contributed by atoms with Crippen molar-refractivity contribution >= 4 is 17.6 Å². The molecule has 0 aliphatic heterocycles. The van der Waals surface area contributed by atoms with Crippen LogP contribution in [-0.2, 0) is 18.5 Å². The Hall–Kier alpha value is -3.82. The minimum Gasteiger partial charge on any atom is -0.389 e. The van der Waals surface area contributed by atoms with Crippen LogP contribution in [0.25, 0.3) is 0 Å². The molecular formula is C21H26N8O2. The molecule has 0 aliphatic rings. The van der Waals surface area contributed by atoms with E-state index in [4.69, 9.17) is 10.6 Å². The summed E-state index contributed by atoms with van der Waals surface area (Å²) in [7, 11) is 1.73. The molecule has 3 rings (SSSR count). The Balaban J connectivity index is 1.76. The number of amides is 2. The Kier molecular flexibility index (Phi) is 7.63. The molecule has 0 bridgehead atoms. The number of pyridine rings is 1. The summed E-state index contributed by atoms with van der Waals surface area (Å²) in [6, 6.07) is 14.4. The number of nitrogens with zero attached hydrogens (tertiary/aromatic N) is 7. The molecule has 31 heavy (non-hydrogen) atoms. The molecule has 0 atom stereocenters. The van der Waals surface area contributed by atoms with Crippen LogP contribution in [0.1, 0.15) is 43.3 Å². The molecule has 162 valence electrons. The number of carbonyl (C=O) groups excluding carboxylic acids is 1. The van der Waals surface area contributed by atoms with Gasteiger partial charge < -0.3 is 10.6 Å². The molecule has 1 aromatic carbocycles. The molecule has 0 saturated carbocycles. The summed E-state index contributed by atoms with van der Waals surface area (Å²) in [5.74, 6) is 0.971. The lowest BCUT2D eigenvalue weighted by Gasteiger charge is -2.19. The van der Waals surface area contributed by atoms with Crippen LogP contribution in [0.5, 0.6) is 0 Å². The van der Waals surface area contributed by atoms with E-state index in [9.17, 15) is 4.79 Å². The number of hydrogen-bond acceptors (Lipinski definition) is 7. The first-order chi connectivity index (χ1) is 15.1. The van der Waals surface area contributed by atoms with E-state index in [0.717, 1.165) is 24.8 Å². The molecule has 0 spiro atoms. The monoisotopic (exact) mass is 422 g/mol. The largest absolute Gasteiger partial charge is 0.389 e. The van der Waals surface area contributed by atoms with Crippen molar-refractivity contribution in [2.75, 3.05) is 11.4 Å². The van der Waals surface area contributed by atoms with Gasteiger partial charge in [-0.3, -0.25) is 4.90 Å². The van der Waals surface area contributed by atoms with E-state index in [1.165, 1.54) is 9.58 Å². The second-order valence-corrected chi connectivity index (χ2v) is 6.89. The van der Waals surface area contributed by atoms with Gasteiger partial charge in [0, 0.05) is 19.2 Å². The van der Waals surface area contributed by atoms with E-state index in [1.807, 2.05) is 36.4 Å². The molecule has 10 heteroatoms. The maximum absolute atomic E-state index is 11.9. The number of carbonyl (C=O) groups is 1. The third-order valence-corrected chi connectivity index (χ3v) is 4.57. The van der Waals surface area contributed by atoms with Gasteiger partial charge in [0.1, 0.15) is 5.82 Å². The molecule has 2 heterocycles. The maximum atomic E-state index is 11.9. The lowest BCUT2D eigenvalue weighted by molar-refractivity contribution is 0.128. The first-order valence-electron chi connectivity index (χ1n) is 10.1. The van der Waals surface area contributed by atoms with Crippen molar-refractivity contribution in [1.82, 2.24) is 25.2 Å². The Morgan fingerprint density at radius 2 is 1.97 bits per heavy atom. The molecule has 10 nitrogen and oxygen atoms in total. The number of aryl methyl sites for hydroxylation is 1. The topological polar surface area (TPSA) is 124 Å². The molecular weight excluding hydrogens is 396 g/mol. The van der Waals surface area contributed by atoms with Crippen LogP contribution in [0.3, 0.4) is 0 Å². The molecule has 2 N–H and O–H groups in total. The average Bonchev–Trinajstić information content (AvgIpc) is 3.20. The predicted molar refractivity (Wildman–Crippen MR) is 116 cm³/mol. The van der Waals surface area contributed by atoms with E-state index in [-0.39, 0.29) is 6.61 Å². The van der Waals surface area contributed by atoms with Gasteiger partial charge in [0.15, 0.2) is 12.3 Å². The van der Waals surface area contributed by atoms with Crippen molar-refractivity contribution in [1.29, 1.82) is 0 Å². The number of tetrazole rings is 1. The summed E-state index contributed by atoms with van der Waals surface area (Å²) >= 11 is 0. The smallest absolute Gasteiger partial charge is 0.320 e. The number of urea groups is 1. The van der Waals surface area contributed by atoms with Gasteiger partial charge in [-0.1, -0.05) is 61.3 Å². The van der Waals surface area contributed by atoms with E-state index >= 15 is 0 Å². The minimum absolute atomic E-state index is 0.108. The zero-order valence-corrected chi connectivity index (χ0v) is 17.7. The van der Waals surface area contributed by atoms with Crippen molar-refractivity contribution < 1.29 is 9.63 Å². The van der Waals surface area contributed by atoms with Crippen molar-refractivity contribution in [3.05, 3.63) is 65.6 Å². The van der Waals surface area contributed by atoms with Gasteiger partial charge in [-0.25, -0.2) is 14.5 Å². The fourth-order valence-corrected chi connectivity index (χ4v) is 2.97. The number of anilines is 1. The van der Waals surface area contributed by atoms with E-state index in [2.05, 4.69) is 32.6 Å². The molecule has 2 aromatic heterocycles. The fraction of sp³-hybridized carbons (Fsp3) is 0.333. The van der Waals surface area contributed by atoms with Crippen LogP contribution >= 0.6 is 0 Å². The zero-order chi connectivity index (χ0) is 22.1. The standard InChI is InChI=1S/C21H26N8O2/c1-3-4-8-14-29(21(22)30)18-13-9-12-17(23-18)15-31-25-19(16-10-6-5-7-11-16)20-24-26-27-28(20)2/h5-7,9-13H,3-4,8,14-15H2,1-2H3,(H2,22,30)/b25-19-. The van der Waals surface area contributed by atoms with Crippen molar-refractivity contribution in [3.8, 4) is 0 Å². The second kappa shape index (κ2) is 10.8. The number of aromatic nitrogens is 5. The summed E-state index contributed by atoms with van der Waals surface area (Å²) in [5, 5.41) is 15.8. The van der Waals surface area contributed by atoms with Crippen LogP contribution in [0.15, 0.2) is 53.7 Å². The third-order valence-electron chi connectivity index (χ3n) is 4.57. The quantitative estimate of drug-likeness (QED) is 0.304. The number of hydrogen-bond donors (Lipinski definition) is 1. The summed E-state index contributed by atoms with van der Waals surface area (Å²) < 4.78 is 1.52. The van der Waals surface area contributed by atoms with Gasteiger partial charge in [0.25, 0.3) is 0 Å². The van der Waals surface area contributed by atoms with Gasteiger partial charge in [-0.2, -0.15) is 0 Å². The summed E-state index contributed by atoms with van der Waals surface area (Å²) in [6.07, 6.45) is 2.93. The number of benzene rings is 1. The molecule has 2 amide bonds. The van der Waals surface area contributed by atoms with Crippen LogP contribution in [-0.4, -0.2) is 43.5 Å². The fourth-order valence-electron chi connectivity index (χ4n) is 2.97. The van der Waals surface area contributed by atoms with Crippen molar-refractivity contribution in [2.45, 2.75) is 32.8 Å². The van der Waals surface area contributed by atoms with Gasteiger partial charge in [0.2, 0.25) is 5.82 Å². The highest BCUT2D eigenvalue weighted by atomic mass is 16.6. The van der Waals surface area contributed by atoms with Crippen LogP contribution in [0.2, 0.25) is 0 Å². The molecule has 0 aliphatic carbocycles. The Morgan fingerprint density at radius 1 is 1.16 bits per heavy atom. The molecule has 0 fully saturated rings. The first-order valence-corrected chi connectivity index (χ1v) is 10.1. The summed E-state index contributed by atoms with van der Waals surface area (Å²) in [6.45, 7) is 2.74. The number of rotatable bonds is 10. The van der Waals surface area contributed by atoms with Crippen LogP contribution in [0.4, 0.5) is 10.6 Å². The Labute approximate surface area is 180 Å². The van der Waals surface area contributed by atoms with Gasteiger partial charge in [-0.05, 0) is 29.0 Å². The zero-order valence-electron chi connectivity index (χ0n) is 17.7. The number of oxime groups is 1. The van der Waals surface area contributed by atoms with E-state index < -0.39 is 6.03 Å². The normalized spacial score (nSPS) is 11.4. The lowest BCUT2D eigenvalue weighted by Crippen LogP contribution is -2.37. The Bertz CT molecular complexity index is 1020. The van der Waals surface area contributed by atoms with Crippen molar-refractivity contribution in [2.24, 2.45) is 17.9 Å². The van der Waals surface area contributed by atoms with Gasteiger partial charge in [-0.15, -0.1) is 5.10 Å². The highest BCUT2D eigenvalue weighted by molar-refractivity contribution is 6.10. The maximum Gasteiger partial charge on any atom is 0.320 e. The number of unbranched alkanes of at least 4 members (excludes halogenated alkanes) is 2. The minimum atomic E-state index is -0.527. The second-order valence-electron chi connectivity index (χ2n) is 6.89. The first kappa shape index (κ1) is 21.9. The highest BCUT2D eigenvalue weighted by Gasteiger charge is 2.16. The molecule has 0 saturated heterocycles. The number of primary amides is 1. The van der Waals surface area contributed by atoms with Gasteiger partial charge >= 0.3 is 6.03 Å². The van der Waals surface area contributed by atoms with E-state index in [1.54, 1.807) is 19.2 Å². The lowest BCUT2D eigenvalue weighted by atomic mass is 10.1. The van der Waals surface area contributed by atoms with Crippen LogP contribution < -0.4 is 10.6 Å². The van der Waals surface area contributed by atoms with Gasteiger partial charge in [0.05, 0.1) is 5.69 Å². The predicted octanol–water partition coefficient (Wildman–Crippen LogP) is 2.65. The van der Waals surface area contributed by atoms with Crippen LogP contribution in [0, 0.1) is 0 Å². The SMILES string of the molecule is CCCCCN(C(N)=O)c1cccc(CO/N=C(/c2ccccc2)c2nnnn2C)n1. The van der Waals surface area contributed by atoms with Crippen molar-refractivity contribution in [3.63, 3.8) is 0 Å². The highest BCUT2D eigenvalue weighted by Crippen LogP contribution is 2.14. The molecule has 0 unspecified atom stereocenters. The average molecular weight is 422 g/mol. The summed E-state index contributed by atoms with van der Waals surface area (Å²) in [5.41, 5.74) is 7.48. The molecule has 0 radical (unpaired) electrons. The third kappa shape index (κ3) is 5.84. The Morgan fingerprint density at radius 3 is 2.65 bits per heavy atom. The molecule has 3 aromatic rings.